The predicted octanol–water partition coefficient (Wildman–Crippen LogP) is 4.62. The van der Waals surface area contributed by atoms with Crippen LogP contribution in [-0.4, -0.2) is 6.43 Å². The summed E-state index contributed by atoms with van der Waals surface area (Å²) in [6.45, 7) is 0. The summed E-state index contributed by atoms with van der Waals surface area (Å²) in [5.41, 5.74) is -6.60. The fourth-order valence-corrected chi connectivity index (χ4v) is 1.32. The molecule has 0 aromatic heterocycles. The highest BCUT2D eigenvalue weighted by Crippen LogP contribution is 2.46. The van der Waals surface area contributed by atoms with Gasteiger partial charge < -0.3 is 0 Å². The number of benzene rings is 1. The molecule has 0 bridgehead atoms. The highest BCUT2D eigenvalue weighted by atomic mass is 19.4. The van der Waals surface area contributed by atoms with Gasteiger partial charge in [-0.3, -0.25) is 0 Å². The Balaban J connectivity index is 3.92. The van der Waals surface area contributed by atoms with Crippen molar-refractivity contribution in [2.45, 2.75) is 18.5 Å². The molecular weight excluding hydrogens is 317 g/mol. The summed E-state index contributed by atoms with van der Waals surface area (Å²) < 4.78 is 138. The maximum absolute atomic E-state index is 13.0. The number of hydrogen-bond donors (Lipinski definition) is 0. The minimum Gasteiger partial charge on any atom is -0.203 e. The van der Waals surface area contributed by atoms with Crippen molar-refractivity contribution in [2.24, 2.45) is 0 Å². The SMILES string of the molecule is Fc1c(F)c(F)c(C(F)(F)C(F)F)c(C(F)(F)F)c1F. The van der Waals surface area contributed by atoms with Gasteiger partial charge in [0.2, 0.25) is 0 Å². The summed E-state index contributed by atoms with van der Waals surface area (Å²) in [6, 6.07) is 0. The highest BCUT2D eigenvalue weighted by molar-refractivity contribution is 5.38. The molecule has 0 heterocycles. The van der Waals surface area contributed by atoms with Crippen LogP contribution in [0.15, 0.2) is 0 Å². The molecule has 0 amide bonds. The summed E-state index contributed by atoms with van der Waals surface area (Å²) in [4.78, 5) is 0. The van der Waals surface area contributed by atoms with E-state index in [1.54, 1.807) is 0 Å². The van der Waals surface area contributed by atoms with Gasteiger partial charge in [0.05, 0.1) is 5.56 Å². The van der Waals surface area contributed by atoms with E-state index in [1.165, 1.54) is 0 Å². The molecule has 20 heavy (non-hydrogen) atoms. The lowest BCUT2D eigenvalue weighted by molar-refractivity contribution is -0.161. The lowest BCUT2D eigenvalue weighted by atomic mass is 9.99. The van der Waals surface area contributed by atoms with Gasteiger partial charge in [-0.05, 0) is 0 Å². The van der Waals surface area contributed by atoms with Gasteiger partial charge in [-0.15, -0.1) is 0 Å². The lowest BCUT2D eigenvalue weighted by Crippen LogP contribution is -2.31. The predicted molar refractivity (Wildman–Crippen MR) is 41.2 cm³/mol. The largest absolute Gasteiger partial charge is 0.419 e. The lowest BCUT2D eigenvalue weighted by Gasteiger charge is -2.22. The first-order chi connectivity index (χ1) is 8.83. The van der Waals surface area contributed by atoms with Gasteiger partial charge in [0, 0.05) is 0 Å². The molecule has 0 fully saturated rings. The molecule has 0 atom stereocenters. The Labute approximate surface area is 102 Å². The third-order valence-corrected chi connectivity index (χ3v) is 2.16. The maximum Gasteiger partial charge on any atom is 0.419 e. The van der Waals surface area contributed by atoms with E-state index in [2.05, 4.69) is 0 Å². The van der Waals surface area contributed by atoms with Crippen LogP contribution in [0.5, 0.6) is 0 Å². The fraction of sp³-hybridized carbons (Fsp3) is 0.333. The zero-order valence-corrected chi connectivity index (χ0v) is 8.73. The molecule has 0 aliphatic rings. The zero-order valence-electron chi connectivity index (χ0n) is 8.73. The third kappa shape index (κ3) is 2.40. The van der Waals surface area contributed by atoms with Gasteiger partial charge in [0.25, 0.3) is 0 Å². The number of alkyl halides is 7. The second-order valence-electron chi connectivity index (χ2n) is 3.43. The molecule has 0 spiro atoms. The first-order valence-corrected chi connectivity index (χ1v) is 4.43. The average molecular weight is 318 g/mol. The van der Waals surface area contributed by atoms with Crippen LogP contribution in [0.1, 0.15) is 11.1 Å². The van der Waals surface area contributed by atoms with Crippen LogP contribution < -0.4 is 0 Å². The maximum atomic E-state index is 13.0. The van der Waals surface area contributed by atoms with E-state index >= 15 is 0 Å². The molecule has 0 saturated heterocycles. The molecule has 1 rings (SSSR count). The molecule has 0 N–H and O–H groups in total. The van der Waals surface area contributed by atoms with Crippen LogP contribution in [0.2, 0.25) is 0 Å². The van der Waals surface area contributed by atoms with Crippen molar-refractivity contribution in [3.63, 3.8) is 0 Å². The van der Waals surface area contributed by atoms with Crippen molar-refractivity contribution in [3.05, 3.63) is 34.4 Å². The Bertz CT molecular complexity index is 528. The summed E-state index contributed by atoms with van der Waals surface area (Å²) in [7, 11) is 0. The van der Waals surface area contributed by atoms with E-state index in [0.717, 1.165) is 0 Å². The number of halogens is 11. The minimum absolute atomic E-state index is 3.04. The van der Waals surface area contributed by atoms with Crippen molar-refractivity contribution in [3.8, 4) is 0 Å². The van der Waals surface area contributed by atoms with Crippen molar-refractivity contribution >= 4 is 0 Å². The summed E-state index contributed by atoms with van der Waals surface area (Å²) >= 11 is 0. The van der Waals surface area contributed by atoms with Crippen molar-refractivity contribution in [1.29, 1.82) is 0 Å². The molecule has 0 radical (unpaired) electrons. The van der Waals surface area contributed by atoms with E-state index in [-0.39, 0.29) is 0 Å². The molecule has 0 aliphatic heterocycles. The van der Waals surface area contributed by atoms with E-state index in [1.807, 2.05) is 0 Å². The summed E-state index contributed by atoms with van der Waals surface area (Å²) in [5.74, 6) is -18.4. The monoisotopic (exact) mass is 318 g/mol. The van der Waals surface area contributed by atoms with E-state index < -0.39 is 52.9 Å². The molecule has 0 saturated carbocycles. The fourth-order valence-electron chi connectivity index (χ4n) is 1.32. The van der Waals surface area contributed by atoms with Gasteiger partial charge in [0.1, 0.15) is 5.56 Å². The molecular formula is C9HF11. The normalized spacial score (nSPS) is 13.2. The van der Waals surface area contributed by atoms with Crippen LogP contribution in [-0.2, 0) is 12.1 Å². The van der Waals surface area contributed by atoms with Gasteiger partial charge in [-0.25, -0.2) is 26.3 Å². The van der Waals surface area contributed by atoms with E-state index in [4.69, 9.17) is 0 Å². The van der Waals surface area contributed by atoms with E-state index in [0.29, 0.717) is 0 Å². The van der Waals surface area contributed by atoms with Crippen LogP contribution in [0, 0.1) is 23.3 Å². The second-order valence-corrected chi connectivity index (χ2v) is 3.43. The van der Waals surface area contributed by atoms with Gasteiger partial charge in [0.15, 0.2) is 23.3 Å². The van der Waals surface area contributed by atoms with Crippen LogP contribution in [0.4, 0.5) is 48.3 Å². The molecule has 0 unspecified atom stereocenters. The first-order valence-electron chi connectivity index (χ1n) is 4.43. The molecule has 1 aromatic carbocycles. The topological polar surface area (TPSA) is 0 Å². The molecule has 1 aromatic rings. The molecule has 0 nitrogen and oxygen atoms in total. The highest BCUT2D eigenvalue weighted by Gasteiger charge is 2.54. The Morgan fingerprint density at radius 1 is 0.600 bits per heavy atom. The molecule has 11 heteroatoms. The average Bonchev–Trinajstić information content (AvgIpc) is 2.28. The second kappa shape index (κ2) is 4.77. The van der Waals surface area contributed by atoms with E-state index in [9.17, 15) is 48.3 Å². The third-order valence-electron chi connectivity index (χ3n) is 2.16. The number of rotatable bonds is 2. The van der Waals surface area contributed by atoms with Gasteiger partial charge >= 0.3 is 18.5 Å². The quantitative estimate of drug-likeness (QED) is 0.424. The Kier molecular flexibility index (Phi) is 3.94. The van der Waals surface area contributed by atoms with Crippen molar-refractivity contribution < 1.29 is 48.3 Å². The van der Waals surface area contributed by atoms with Crippen molar-refractivity contribution in [1.82, 2.24) is 0 Å². The molecule has 0 aliphatic carbocycles. The zero-order chi connectivity index (χ0) is 16.0. The standard InChI is InChI=1S/C9HF11/c10-3-1(8(16,17)7(14)15)2(9(18,19)20)4(11)6(13)5(3)12/h7H. The Hall–Kier alpha value is -1.55. The first kappa shape index (κ1) is 16.5. The van der Waals surface area contributed by atoms with Crippen LogP contribution >= 0.6 is 0 Å². The van der Waals surface area contributed by atoms with Gasteiger partial charge in [-0.1, -0.05) is 0 Å². The van der Waals surface area contributed by atoms with Crippen LogP contribution in [0.25, 0.3) is 0 Å². The summed E-state index contributed by atoms with van der Waals surface area (Å²) in [6.07, 6.45) is -11.0. The Morgan fingerprint density at radius 2 is 0.950 bits per heavy atom. The molecule has 114 valence electrons. The van der Waals surface area contributed by atoms with Gasteiger partial charge in [-0.2, -0.15) is 22.0 Å². The van der Waals surface area contributed by atoms with Crippen LogP contribution in [0.3, 0.4) is 0 Å². The Morgan fingerprint density at radius 3 is 1.25 bits per heavy atom. The number of hydrogen-bond acceptors (Lipinski definition) is 0. The minimum atomic E-state index is -6.15. The van der Waals surface area contributed by atoms with Crippen molar-refractivity contribution in [2.75, 3.05) is 0 Å². The summed E-state index contributed by atoms with van der Waals surface area (Å²) in [5, 5.41) is 0. The smallest absolute Gasteiger partial charge is 0.203 e.